The summed E-state index contributed by atoms with van der Waals surface area (Å²) in [5.41, 5.74) is 2.69. The Balaban J connectivity index is 1.69. The number of aryl methyl sites for hydroxylation is 1. The lowest BCUT2D eigenvalue weighted by atomic mass is 10.0. The zero-order chi connectivity index (χ0) is 18.2. The molecule has 1 N–H and O–H groups in total. The van der Waals surface area contributed by atoms with Crippen molar-refractivity contribution in [3.63, 3.8) is 0 Å². The summed E-state index contributed by atoms with van der Waals surface area (Å²) in [6.45, 7) is 7.04. The molecule has 2 rings (SSSR count). The number of hydrogen-bond donors (Lipinski definition) is 1. The van der Waals surface area contributed by atoms with Gasteiger partial charge in [-0.15, -0.1) is 11.8 Å². The van der Waals surface area contributed by atoms with Crippen molar-refractivity contribution in [1.82, 2.24) is 5.32 Å². The van der Waals surface area contributed by atoms with Crippen LogP contribution in [0, 0.1) is 0 Å². The van der Waals surface area contributed by atoms with Crippen LogP contribution in [0.5, 0.6) is 0 Å². The summed E-state index contributed by atoms with van der Waals surface area (Å²) in [5, 5.41) is 3.62. The third-order valence-corrected chi connectivity index (χ3v) is 5.45. The van der Waals surface area contributed by atoms with Gasteiger partial charge < -0.3 is 5.32 Å². The monoisotopic (exact) mass is 375 g/mol. The van der Waals surface area contributed by atoms with Crippen molar-refractivity contribution < 1.29 is 4.79 Å². The lowest BCUT2D eigenvalue weighted by Crippen LogP contribution is -2.31. The van der Waals surface area contributed by atoms with Crippen molar-refractivity contribution in [2.24, 2.45) is 0 Å². The Morgan fingerprint density at radius 1 is 1.04 bits per heavy atom. The first kappa shape index (κ1) is 19.9. The van der Waals surface area contributed by atoms with Gasteiger partial charge in [-0.05, 0) is 61.1 Å². The molecule has 2 aromatic rings. The maximum absolute atomic E-state index is 12.2. The van der Waals surface area contributed by atoms with Gasteiger partial charge >= 0.3 is 0 Å². The molecule has 1 amide bonds. The molecule has 0 aliphatic heterocycles. The van der Waals surface area contributed by atoms with Crippen molar-refractivity contribution in [2.75, 3.05) is 6.54 Å². The maximum atomic E-state index is 12.2. The van der Waals surface area contributed by atoms with E-state index < -0.39 is 0 Å². The minimum atomic E-state index is -0.119. The van der Waals surface area contributed by atoms with E-state index in [1.165, 1.54) is 11.1 Å². The molecule has 4 heteroatoms. The van der Waals surface area contributed by atoms with Gasteiger partial charge in [-0.2, -0.15) is 0 Å². The number of nitrogens with one attached hydrogen (secondary N) is 1. The third kappa shape index (κ3) is 6.75. The molecule has 0 saturated carbocycles. The highest BCUT2D eigenvalue weighted by molar-refractivity contribution is 8.00. The number of benzene rings is 2. The molecule has 134 valence electrons. The van der Waals surface area contributed by atoms with Crippen LogP contribution in [0.15, 0.2) is 53.4 Å². The first-order valence-corrected chi connectivity index (χ1v) is 10.00. The molecular weight excluding hydrogens is 350 g/mol. The number of carbonyl (C=O) groups is 1. The minimum absolute atomic E-state index is 0.0788. The molecule has 0 radical (unpaired) electrons. The molecule has 1 atom stereocenters. The van der Waals surface area contributed by atoms with E-state index in [1.54, 1.807) is 11.8 Å². The molecule has 0 aromatic heterocycles. The molecule has 2 nitrogen and oxygen atoms in total. The number of rotatable bonds is 8. The number of amides is 1. The normalized spacial score (nSPS) is 12.2. The Morgan fingerprint density at radius 2 is 1.68 bits per heavy atom. The van der Waals surface area contributed by atoms with Crippen LogP contribution < -0.4 is 5.32 Å². The maximum Gasteiger partial charge on any atom is 0.233 e. The number of carbonyl (C=O) groups excluding carboxylic acids is 1. The summed E-state index contributed by atoms with van der Waals surface area (Å²) in [5.74, 6) is 0.642. The van der Waals surface area contributed by atoms with Gasteiger partial charge in [0.1, 0.15) is 0 Å². The van der Waals surface area contributed by atoms with E-state index in [4.69, 9.17) is 11.6 Å². The van der Waals surface area contributed by atoms with E-state index in [-0.39, 0.29) is 11.2 Å². The van der Waals surface area contributed by atoms with Crippen molar-refractivity contribution in [2.45, 2.75) is 49.7 Å². The van der Waals surface area contributed by atoms with Crippen molar-refractivity contribution >= 4 is 29.3 Å². The van der Waals surface area contributed by atoms with Crippen molar-refractivity contribution in [3.8, 4) is 0 Å². The number of halogens is 1. The van der Waals surface area contributed by atoms with Gasteiger partial charge in [-0.3, -0.25) is 4.79 Å². The first-order chi connectivity index (χ1) is 12.0. The van der Waals surface area contributed by atoms with E-state index in [2.05, 4.69) is 43.4 Å². The highest BCUT2D eigenvalue weighted by Gasteiger charge is 2.13. The number of hydrogen-bond acceptors (Lipinski definition) is 2. The molecule has 0 aliphatic carbocycles. The molecule has 2 aromatic carbocycles. The fourth-order valence-electron chi connectivity index (χ4n) is 2.49. The summed E-state index contributed by atoms with van der Waals surface area (Å²) < 4.78 is 0. The third-order valence-electron chi connectivity index (χ3n) is 4.08. The largest absolute Gasteiger partial charge is 0.355 e. The van der Waals surface area contributed by atoms with E-state index in [1.807, 2.05) is 31.2 Å². The van der Waals surface area contributed by atoms with Crippen LogP contribution in [0.3, 0.4) is 0 Å². The standard InChI is InChI=1S/C21H26ClNOS/c1-15(2)18-8-6-17(7-9-18)5-4-14-23-21(24)16(3)25-20-12-10-19(22)11-13-20/h6-13,15-16H,4-5,14H2,1-3H3,(H,23,24)/t16-/m0/s1. The molecule has 25 heavy (non-hydrogen) atoms. The lowest BCUT2D eigenvalue weighted by Gasteiger charge is -2.12. The van der Waals surface area contributed by atoms with Crippen LogP contribution in [0.4, 0.5) is 0 Å². The Bertz CT molecular complexity index is 667. The SMILES string of the molecule is CC(C)c1ccc(CCCNC(=O)[C@H](C)Sc2ccc(Cl)cc2)cc1. The van der Waals surface area contributed by atoms with E-state index in [0.717, 1.165) is 17.7 Å². The summed E-state index contributed by atoms with van der Waals surface area (Å²) >= 11 is 7.43. The van der Waals surface area contributed by atoms with Crippen LogP contribution in [-0.4, -0.2) is 17.7 Å². The van der Waals surface area contributed by atoms with E-state index in [0.29, 0.717) is 17.5 Å². The Morgan fingerprint density at radius 3 is 2.28 bits per heavy atom. The van der Waals surface area contributed by atoms with Gasteiger partial charge in [-0.25, -0.2) is 0 Å². The Hall–Kier alpha value is -1.45. The lowest BCUT2D eigenvalue weighted by molar-refractivity contribution is -0.120. The molecular formula is C21H26ClNOS. The molecule has 0 fully saturated rings. The molecule has 0 unspecified atom stereocenters. The smallest absolute Gasteiger partial charge is 0.233 e. The zero-order valence-electron chi connectivity index (χ0n) is 15.1. The highest BCUT2D eigenvalue weighted by Crippen LogP contribution is 2.24. The first-order valence-electron chi connectivity index (χ1n) is 8.74. The summed E-state index contributed by atoms with van der Waals surface area (Å²) in [6, 6.07) is 16.4. The summed E-state index contributed by atoms with van der Waals surface area (Å²) in [6.07, 6.45) is 1.93. The van der Waals surface area contributed by atoms with Gasteiger partial charge in [0, 0.05) is 16.5 Å². The van der Waals surface area contributed by atoms with Crippen LogP contribution in [0.1, 0.15) is 44.2 Å². The second kappa shape index (κ2) is 9.88. The van der Waals surface area contributed by atoms with Crippen LogP contribution in [0.2, 0.25) is 5.02 Å². The minimum Gasteiger partial charge on any atom is -0.355 e. The average Bonchev–Trinajstić information content (AvgIpc) is 2.60. The van der Waals surface area contributed by atoms with Crippen LogP contribution >= 0.6 is 23.4 Å². The van der Waals surface area contributed by atoms with Crippen molar-refractivity contribution in [3.05, 3.63) is 64.7 Å². The van der Waals surface area contributed by atoms with Gasteiger partial charge in [0.2, 0.25) is 5.91 Å². The highest BCUT2D eigenvalue weighted by atomic mass is 35.5. The van der Waals surface area contributed by atoms with Gasteiger partial charge in [0.05, 0.1) is 5.25 Å². The van der Waals surface area contributed by atoms with E-state index >= 15 is 0 Å². The zero-order valence-corrected chi connectivity index (χ0v) is 16.7. The van der Waals surface area contributed by atoms with Gasteiger partial charge in [0.15, 0.2) is 0 Å². The van der Waals surface area contributed by atoms with Crippen LogP contribution in [-0.2, 0) is 11.2 Å². The summed E-state index contributed by atoms with van der Waals surface area (Å²) in [7, 11) is 0. The Kier molecular flexibility index (Phi) is 7.86. The average molecular weight is 376 g/mol. The second-order valence-corrected chi connectivity index (χ2v) is 8.36. The second-order valence-electron chi connectivity index (χ2n) is 6.50. The Labute approximate surface area is 160 Å². The predicted molar refractivity (Wildman–Crippen MR) is 109 cm³/mol. The quantitative estimate of drug-likeness (QED) is 0.474. The number of thioether (sulfide) groups is 1. The fraction of sp³-hybridized carbons (Fsp3) is 0.381. The van der Waals surface area contributed by atoms with Crippen LogP contribution in [0.25, 0.3) is 0 Å². The summed E-state index contributed by atoms with van der Waals surface area (Å²) in [4.78, 5) is 13.2. The molecule has 0 heterocycles. The molecule has 0 saturated heterocycles. The predicted octanol–water partition coefficient (Wildman–Crippen LogP) is 5.69. The van der Waals surface area contributed by atoms with Gasteiger partial charge in [0.25, 0.3) is 0 Å². The van der Waals surface area contributed by atoms with Gasteiger partial charge in [-0.1, -0.05) is 49.7 Å². The molecule has 0 aliphatic rings. The molecule has 0 bridgehead atoms. The topological polar surface area (TPSA) is 29.1 Å². The fourth-order valence-corrected chi connectivity index (χ4v) is 3.51. The molecule has 0 spiro atoms. The van der Waals surface area contributed by atoms with Crippen molar-refractivity contribution in [1.29, 1.82) is 0 Å². The van der Waals surface area contributed by atoms with E-state index in [9.17, 15) is 4.79 Å².